The first kappa shape index (κ1) is 19.8. The summed E-state index contributed by atoms with van der Waals surface area (Å²) in [5, 5.41) is 5.60. The van der Waals surface area contributed by atoms with Crippen molar-refractivity contribution in [1.82, 2.24) is 15.2 Å². The van der Waals surface area contributed by atoms with Crippen LogP contribution in [0.15, 0.2) is 42.5 Å². The summed E-state index contributed by atoms with van der Waals surface area (Å²) in [4.78, 5) is 31.2. The van der Waals surface area contributed by atoms with Crippen LogP contribution in [-0.2, 0) is 4.74 Å². The summed E-state index contributed by atoms with van der Waals surface area (Å²) in [6.45, 7) is 4.45. The zero-order chi connectivity index (χ0) is 19.8. The molecule has 1 aromatic heterocycles. The smallest absolute Gasteiger partial charge is 0.274 e. The van der Waals surface area contributed by atoms with E-state index in [9.17, 15) is 9.59 Å². The standard InChI is InChI=1S/C20H24N4O4/c1-27-16-5-2-4-15(14-16)22-20(26)18-7-3-6-17(23-18)19(25)21-8-9-24-10-12-28-13-11-24/h2-7,14H,8-13H2,1H3,(H,21,25)(H,22,26). The van der Waals surface area contributed by atoms with Gasteiger partial charge in [-0.15, -0.1) is 0 Å². The molecule has 1 aromatic carbocycles. The molecule has 0 bridgehead atoms. The molecule has 148 valence electrons. The van der Waals surface area contributed by atoms with Gasteiger partial charge in [-0.05, 0) is 24.3 Å². The van der Waals surface area contributed by atoms with Crippen molar-refractivity contribution in [1.29, 1.82) is 0 Å². The molecule has 28 heavy (non-hydrogen) atoms. The molecule has 1 saturated heterocycles. The summed E-state index contributed by atoms with van der Waals surface area (Å²) in [7, 11) is 1.56. The summed E-state index contributed by atoms with van der Waals surface area (Å²) in [6.07, 6.45) is 0. The Kier molecular flexibility index (Phi) is 6.94. The molecule has 0 unspecified atom stereocenters. The van der Waals surface area contributed by atoms with Crippen LogP contribution < -0.4 is 15.4 Å². The number of hydrogen-bond acceptors (Lipinski definition) is 6. The van der Waals surface area contributed by atoms with E-state index in [4.69, 9.17) is 9.47 Å². The molecule has 1 aliphatic heterocycles. The van der Waals surface area contributed by atoms with Gasteiger partial charge in [-0.1, -0.05) is 12.1 Å². The molecule has 1 fully saturated rings. The molecule has 8 nitrogen and oxygen atoms in total. The van der Waals surface area contributed by atoms with Crippen molar-refractivity contribution in [3.63, 3.8) is 0 Å². The average molecular weight is 384 g/mol. The number of amides is 2. The van der Waals surface area contributed by atoms with E-state index in [-0.39, 0.29) is 17.3 Å². The Labute approximate surface area is 163 Å². The number of hydrogen-bond donors (Lipinski definition) is 2. The number of rotatable bonds is 7. The van der Waals surface area contributed by atoms with Crippen LogP contribution in [-0.4, -0.2) is 68.2 Å². The van der Waals surface area contributed by atoms with Crippen molar-refractivity contribution in [2.24, 2.45) is 0 Å². The number of pyridine rings is 1. The lowest BCUT2D eigenvalue weighted by molar-refractivity contribution is 0.0383. The molecule has 0 atom stereocenters. The van der Waals surface area contributed by atoms with Gasteiger partial charge in [0.25, 0.3) is 11.8 Å². The van der Waals surface area contributed by atoms with Gasteiger partial charge in [0.2, 0.25) is 0 Å². The fraction of sp³-hybridized carbons (Fsp3) is 0.350. The van der Waals surface area contributed by atoms with Crippen LogP contribution in [0.25, 0.3) is 0 Å². The average Bonchev–Trinajstić information content (AvgIpc) is 2.74. The molecule has 2 heterocycles. The number of benzene rings is 1. The van der Waals surface area contributed by atoms with E-state index in [0.717, 1.165) is 32.8 Å². The van der Waals surface area contributed by atoms with Gasteiger partial charge in [0.05, 0.1) is 20.3 Å². The minimum absolute atomic E-state index is 0.170. The van der Waals surface area contributed by atoms with Gasteiger partial charge >= 0.3 is 0 Å². The fourth-order valence-electron chi connectivity index (χ4n) is 2.83. The Morgan fingerprint density at radius 1 is 1.11 bits per heavy atom. The normalized spacial score (nSPS) is 14.3. The second-order valence-corrected chi connectivity index (χ2v) is 6.30. The first-order valence-corrected chi connectivity index (χ1v) is 9.16. The summed E-state index contributed by atoms with van der Waals surface area (Å²) in [6, 6.07) is 11.8. The predicted octanol–water partition coefficient (Wildman–Crippen LogP) is 1.40. The minimum Gasteiger partial charge on any atom is -0.497 e. The van der Waals surface area contributed by atoms with Gasteiger partial charge in [0, 0.05) is 37.9 Å². The molecule has 2 N–H and O–H groups in total. The van der Waals surface area contributed by atoms with E-state index < -0.39 is 5.91 Å². The van der Waals surface area contributed by atoms with E-state index >= 15 is 0 Å². The van der Waals surface area contributed by atoms with E-state index in [0.29, 0.717) is 18.0 Å². The first-order valence-electron chi connectivity index (χ1n) is 9.16. The van der Waals surface area contributed by atoms with Gasteiger partial charge in [-0.25, -0.2) is 4.98 Å². The molecular formula is C20H24N4O4. The number of methoxy groups -OCH3 is 1. The molecular weight excluding hydrogens is 360 g/mol. The molecule has 8 heteroatoms. The molecule has 2 aromatic rings. The quantitative estimate of drug-likeness (QED) is 0.750. The second kappa shape index (κ2) is 9.82. The van der Waals surface area contributed by atoms with Crippen LogP contribution in [0.2, 0.25) is 0 Å². The highest BCUT2D eigenvalue weighted by atomic mass is 16.5. The van der Waals surface area contributed by atoms with Crippen molar-refractivity contribution in [2.45, 2.75) is 0 Å². The van der Waals surface area contributed by atoms with E-state index in [1.54, 1.807) is 49.6 Å². The molecule has 2 amide bonds. The SMILES string of the molecule is COc1cccc(NC(=O)c2cccc(C(=O)NCCN3CCOCC3)n2)c1. The highest BCUT2D eigenvalue weighted by Gasteiger charge is 2.14. The Balaban J connectivity index is 1.56. The number of nitrogens with zero attached hydrogens (tertiary/aromatic N) is 2. The van der Waals surface area contributed by atoms with Crippen molar-refractivity contribution < 1.29 is 19.1 Å². The zero-order valence-corrected chi connectivity index (χ0v) is 15.8. The maximum Gasteiger partial charge on any atom is 0.274 e. The van der Waals surface area contributed by atoms with Crippen LogP contribution in [0.4, 0.5) is 5.69 Å². The van der Waals surface area contributed by atoms with Crippen LogP contribution in [0.5, 0.6) is 5.75 Å². The van der Waals surface area contributed by atoms with E-state index in [1.807, 2.05) is 0 Å². The third-order valence-corrected chi connectivity index (χ3v) is 4.36. The third kappa shape index (κ3) is 5.51. The summed E-state index contributed by atoms with van der Waals surface area (Å²) in [5.74, 6) is -0.0559. The van der Waals surface area contributed by atoms with Crippen LogP contribution >= 0.6 is 0 Å². The molecule has 0 spiro atoms. The molecule has 3 rings (SSSR count). The lowest BCUT2D eigenvalue weighted by Gasteiger charge is -2.26. The largest absolute Gasteiger partial charge is 0.497 e. The Morgan fingerprint density at radius 3 is 2.57 bits per heavy atom. The third-order valence-electron chi connectivity index (χ3n) is 4.36. The molecule has 0 aliphatic carbocycles. The molecule has 0 saturated carbocycles. The van der Waals surface area contributed by atoms with Crippen molar-refractivity contribution in [3.05, 3.63) is 53.9 Å². The Morgan fingerprint density at radius 2 is 1.82 bits per heavy atom. The van der Waals surface area contributed by atoms with Gasteiger partial charge in [-0.3, -0.25) is 14.5 Å². The fourth-order valence-corrected chi connectivity index (χ4v) is 2.83. The monoisotopic (exact) mass is 384 g/mol. The lowest BCUT2D eigenvalue weighted by Crippen LogP contribution is -2.41. The topological polar surface area (TPSA) is 92.8 Å². The number of aromatic nitrogens is 1. The van der Waals surface area contributed by atoms with Gasteiger partial charge in [0.15, 0.2) is 0 Å². The Bertz CT molecular complexity index is 821. The van der Waals surface area contributed by atoms with Crippen molar-refractivity contribution >= 4 is 17.5 Å². The van der Waals surface area contributed by atoms with E-state index in [2.05, 4.69) is 20.5 Å². The van der Waals surface area contributed by atoms with Gasteiger partial charge < -0.3 is 20.1 Å². The number of carbonyl (C=O) groups is 2. The molecule has 0 radical (unpaired) electrons. The molecule has 1 aliphatic rings. The number of morpholine rings is 1. The number of ether oxygens (including phenoxy) is 2. The van der Waals surface area contributed by atoms with Crippen LogP contribution in [0.3, 0.4) is 0 Å². The minimum atomic E-state index is -0.392. The summed E-state index contributed by atoms with van der Waals surface area (Å²) < 4.78 is 10.4. The van der Waals surface area contributed by atoms with Crippen molar-refractivity contribution in [2.75, 3.05) is 51.8 Å². The zero-order valence-electron chi connectivity index (χ0n) is 15.8. The first-order chi connectivity index (χ1) is 13.7. The van der Waals surface area contributed by atoms with Crippen LogP contribution in [0.1, 0.15) is 21.0 Å². The Hall–Kier alpha value is -2.97. The van der Waals surface area contributed by atoms with Crippen LogP contribution in [0, 0.1) is 0 Å². The number of nitrogens with one attached hydrogen (secondary N) is 2. The van der Waals surface area contributed by atoms with Crippen molar-refractivity contribution in [3.8, 4) is 5.75 Å². The predicted molar refractivity (Wildman–Crippen MR) is 105 cm³/mol. The lowest BCUT2D eigenvalue weighted by atomic mass is 10.2. The second-order valence-electron chi connectivity index (χ2n) is 6.30. The maximum atomic E-state index is 12.4. The van der Waals surface area contributed by atoms with E-state index in [1.165, 1.54) is 0 Å². The summed E-state index contributed by atoms with van der Waals surface area (Å²) in [5.41, 5.74) is 0.968. The van der Waals surface area contributed by atoms with Gasteiger partial charge in [-0.2, -0.15) is 0 Å². The highest BCUT2D eigenvalue weighted by Crippen LogP contribution is 2.17. The summed E-state index contributed by atoms with van der Waals surface area (Å²) >= 11 is 0. The maximum absolute atomic E-state index is 12.4. The van der Waals surface area contributed by atoms with Gasteiger partial charge in [0.1, 0.15) is 17.1 Å². The highest BCUT2D eigenvalue weighted by molar-refractivity contribution is 6.03. The number of carbonyl (C=O) groups excluding carboxylic acids is 2. The number of anilines is 1.